The average molecular weight is 619 g/mol. The van der Waals surface area contributed by atoms with E-state index >= 15 is 0 Å². The van der Waals surface area contributed by atoms with Crippen LogP contribution < -0.4 is 10.2 Å². The molecular weight excluding hydrogens is 574 g/mol. The molecule has 4 aliphatic heterocycles. The second-order valence-electron chi connectivity index (χ2n) is 14.2. The van der Waals surface area contributed by atoms with Crippen molar-refractivity contribution in [2.75, 3.05) is 44.2 Å². The van der Waals surface area contributed by atoms with Gasteiger partial charge in [0.2, 0.25) is 5.91 Å². The first-order valence-corrected chi connectivity index (χ1v) is 16.8. The lowest BCUT2D eigenvalue weighted by Gasteiger charge is -2.40. The van der Waals surface area contributed by atoms with Gasteiger partial charge in [-0.25, -0.2) is 8.78 Å². The van der Waals surface area contributed by atoms with Gasteiger partial charge in [-0.15, -0.1) is 0 Å². The van der Waals surface area contributed by atoms with Crippen molar-refractivity contribution in [3.63, 3.8) is 0 Å². The maximum Gasteiger partial charge on any atom is 0.264 e. The summed E-state index contributed by atoms with van der Waals surface area (Å²) in [4.78, 5) is 19.3. The van der Waals surface area contributed by atoms with Gasteiger partial charge in [0.25, 0.3) is 6.43 Å². The fourth-order valence-corrected chi connectivity index (χ4v) is 8.76. The summed E-state index contributed by atoms with van der Waals surface area (Å²) in [5.74, 6) is 0.905. The lowest BCUT2D eigenvalue weighted by molar-refractivity contribution is -0.129. The van der Waals surface area contributed by atoms with Crippen molar-refractivity contribution < 1.29 is 13.6 Å². The zero-order chi connectivity index (χ0) is 30.9. The average Bonchev–Trinajstić information content (AvgIpc) is 3.73. The zero-order valence-electron chi connectivity index (χ0n) is 26.4. The number of amides is 1. The fraction of sp³-hybridized carbons (Fsp3) is 0.618. The van der Waals surface area contributed by atoms with Gasteiger partial charge in [-0.3, -0.25) is 19.1 Å². The van der Waals surface area contributed by atoms with Crippen molar-refractivity contribution in [3.8, 4) is 11.1 Å². The number of fused-ring (bicyclic) bond motifs is 2. The molecule has 45 heavy (non-hydrogen) atoms. The summed E-state index contributed by atoms with van der Waals surface area (Å²) in [6.07, 6.45) is 9.31. The van der Waals surface area contributed by atoms with Crippen LogP contribution in [-0.4, -0.2) is 80.6 Å². The molecule has 3 fully saturated rings. The van der Waals surface area contributed by atoms with Crippen LogP contribution in [0.5, 0.6) is 0 Å². The summed E-state index contributed by atoms with van der Waals surface area (Å²) in [5.41, 5.74) is 5.88. The molecule has 0 bridgehead atoms. The second kappa shape index (κ2) is 11.2. The molecule has 1 aliphatic carbocycles. The normalized spacial score (nSPS) is 25.6. The van der Waals surface area contributed by atoms with Crippen molar-refractivity contribution in [2.24, 2.45) is 12.5 Å². The molecule has 11 heteroatoms. The Morgan fingerprint density at radius 1 is 1.07 bits per heavy atom. The van der Waals surface area contributed by atoms with Crippen LogP contribution in [0.3, 0.4) is 0 Å². The molecule has 1 N–H and O–H groups in total. The molecule has 8 rings (SSSR count). The Kier molecular flexibility index (Phi) is 7.24. The Morgan fingerprint density at radius 3 is 2.58 bits per heavy atom. The van der Waals surface area contributed by atoms with Crippen LogP contribution >= 0.6 is 0 Å². The van der Waals surface area contributed by atoms with Gasteiger partial charge in [-0.1, -0.05) is 0 Å². The molecule has 2 saturated heterocycles. The van der Waals surface area contributed by atoms with E-state index in [0.29, 0.717) is 48.3 Å². The molecule has 1 saturated carbocycles. The highest BCUT2D eigenvalue weighted by Crippen LogP contribution is 2.49. The van der Waals surface area contributed by atoms with E-state index in [2.05, 4.69) is 24.9 Å². The van der Waals surface area contributed by atoms with E-state index in [-0.39, 0.29) is 11.5 Å². The van der Waals surface area contributed by atoms with Crippen LogP contribution in [0.15, 0.2) is 24.5 Å². The molecule has 9 nitrogen and oxygen atoms in total. The molecule has 6 heterocycles. The quantitative estimate of drug-likeness (QED) is 0.435. The molecule has 5 aliphatic rings. The molecular formula is C34H44F2N8O. The maximum atomic E-state index is 14.6. The van der Waals surface area contributed by atoms with E-state index < -0.39 is 6.43 Å². The highest BCUT2D eigenvalue weighted by Gasteiger charge is 2.45. The molecule has 1 amide bonds. The molecule has 0 radical (unpaired) electrons. The largest absolute Gasteiger partial charge is 0.338 e. The minimum atomic E-state index is -2.62. The third-order valence-electron chi connectivity index (χ3n) is 11.5. The van der Waals surface area contributed by atoms with Gasteiger partial charge in [-0.2, -0.15) is 10.2 Å². The van der Waals surface area contributed by atoms with Crippen LogP contribution in [0.2, 0.25) is 0 Å². The number of anilines is 2. The summed E-state index contributed by atoms with van der Waals surface area (Å²) in [7, 11) is 1.80. The highest BCUT2D eigenvalue weighted by atomic mass is 19.3. The highest BCUT2D eigenvalue weighted by molar-refractivity contribution is 5.78. The number of nitrogens with one attached hydrogen (secondary N) is 1. The molecule has 3 aromatic rings. The summed E-state index contributed by atoms with van der Waals surface area (Å²) in [6, 6.07) is 4.67. The first-order valence-electron chi connectivity index (χ1n) is 16.8. The maximum absolute atomic E-state index is 14.6. The Balaban J connectivity index is 1.13. The number of nitrogens with zero attached hydrogens (tertiary/aromatic N) is 7. The predicted molar refractivity (Wildman–Crippen MR) is 169 cm³/mol. The number of hydrogen-bond donors (Lipinski definition) is 1. The molecule has 2 aromatic heterocycles. The number of benzene rings is 1. The lowest BCUT2D eigenvalue weighted by atomic mass is 9.72. The molecule has 0 unspecified atom stereocenters. The summed E-state index contributed by atoms with van der Waals surface area (Å²) < 4.78 is 33.1. The fourth-order valence-electron chi connectivity index (χ4n) is 8.76. The Bertz CT molecular complexity index is 1600. The van der Waals surface area contributed by atoms with E-state index in [1.165, 1.54) is 38.0 Å². The minimum absolute atomic E-state index is 0.0215. The van der Waals surface area contributed by atoms with Crippen molar-refractivity contribution in [2.45, 2.75) is 83.3 Å². The Labute approximate surface area is 263 Å². The number of aryl methyl sites for hydroxylation is 2. The van der Waals surface area contributed by atoms with Gasteiger partial charge in [0, 0.05) is 93.4 Å². The number of carbonyl (C=O) groups is 1. The van der Waals surface area contributed by atoms with Crippen molar-refractivity contribution >= 4 is 17.4 Å². The van der Waals surface area contributed by atoms with Gasteiger partial charge >= 0.3 is 0 Å². The van der Waals surface area contributed by atoms with Gasteiger partial charge in [0.15, 0.2) is 5.82 Å². The topological polar surface area (TPSA) is 74.5 Å². The van der Waals surface area contributed by atoms with E-state index in [9.17, 15) is 13.6 Å². The van der Waals surface area contributed by atoms with Crippen molar-refractivity contribution in [3.05, 3.63) is 46.9 Å². The van der Waals surface area contributed by atoms with Crippen molar-refractivity contribution in [1.29, 1.82) is 0 Å². The lowest BCUT2D eigenvalue weighted by Crippen LogP contribution is -2.56. The SMILES string of the molecule is CC(=O)N1CCc2c(c(N3CCCc4cc(-c5cnn(C)c5)c(C(F)F)cc43)nn2C2CCC3(CC2)CCN(C2CNC2)C3)C1. The zero-order valence-corrected chi connectivity index (χ0v) is 26.4. The first-order chi connectivity index (χ1) is 21.8. The number of carbonyl (C=O) groups excluding carboxylic acids is 1. The third kappa shape index (κ3) is 5.06. The van der Waals surface area contributed by atoms with Gasteiger partial charge < -0.3 is 15.1 Å². The number of likely N-dealkylation sites (tertiary alicyclic amines) is 1. The van der Waals surface area contributed by atoms with Gasteiger partial charge in [0.05, 0.1) is 18.8 Å². The first kappa shape index (κ1) is 29.1. The Hall–Kier alpha value is -3.31. The van der Waals surface area contributed by atoms with Crippen LogP contribution in [0.25, 0.3) is 11.1 Å². The Morgan fingerprint density at radius 2 is 1.89 bits per heavy atom. The molecule has 1 spiro atoms. The monoisotopic (exact) mass is 618 g/mol. The van der Waals surface area contributed by atoms with Crippen LogP contribution in [0.4, 0.5) is 20.3 Å². The predicted octanol–water partition coefficient (Wildman–Crippen LogP) is 4.99. The molecule has 240 valence electrons. The number of halogens is 2. The summed E-state index contributed by atoms with van der Waals surface area (Å²) in [6.45, 7) is 8.24. The second-order valence-corrected chi connectivity index (χ2v) is 14.2. The molecule has 0 atom stereocenters. The minimum Gasteiger partial charge on any atom is -0.338 e. The van der Waals surface area contributed by atoms with E-state index in [4.69, 9.17) is 5.10 Å². The number of hydrogen-bond acceptors (Lipinski definition) is 6. The number of rotatable bonds is 5. The number of aromatic nitrogens is 4. The van der Waals surface area contributed by atoms with Crippen LogP contribution in [-0.2, 0) is 31.2 Å². The van der Waals surface area contributed by atoms with Gasteiger partial charge in [0.1, 0.15) is 0 Å². The number of alkyl halides is 2. The van der Waals surface area contributed by atoms with E-state index in [0.717, 1.165) is 67.8 Å². The third-order valence-corrected chi connectivity index (χ3v) is 11.5. The van der Waals surface area contributed by atoms with E-state index in [1.807, 2.05) is 11.0 Å². The van der Waals surface area contributed by atoms with Crippen molar-refractivity contribution in [1.82, 2.24) is 34.7 Å². The standard InChI is InChI=1S/C34H44F2N8O/c1-22(45)41-12-7-30-29(20-41)33(39-44(30)25-5-8-34(9-6-25)10-13-42(21-34)26-17-37-18-26)43-11-3-4-23-14-27(24-16-38-40(2)19-24)28(32(35)36)15-31(23)43/h14-16,19,25-26,32,37H,3-13,17-18,20-21H2,1-2H3. The summed E-state index contributed by atoms with van der Waals surface area (Å²) >= 11 is 0. The smallest absolute Gasteiger partial charge is 0.264 e. The van der Waals surface area contributed by atoms with Gasteiger partial charge in [-0.05, 0) is 80.2 Å². The summed E-state index contributed by atoms with van der Waals surface area (Å²) in [5, 5.41) is 13.0. The molecule has 1 aromatic carbocycles. The van der Waals surface area contributed by atoms with Crippen LogP contribution in [0, 0.1) is 5.41 Å². The van der Waals surface area contributed by atoms with Crippen LogP contribution in [0.1, 0.15) is 80.3 Å². The van der Waals surface area contributed by atoms with E-state index in [1.54, 1.807) is 37.1 Å².